The summed E-state index contributed by atoms with van der Waals surface area (Å²) < 4.78 is 0.237. The van der Waals surface area contributed by atoms with E-state index in [-0.39, 0.29) is 24.1 Å². The van der Waals surface area contributed by atoms with Crippen LogP contribution >= 0.6 is 0 Å². The predicted octanol–water partition coefficient (Wildman–Crippen LogP) is 5.44. The van der Waals surface area contributed by atoms with Crippen LogP contribution in [0.5, 0.6) is 0 Å². The van der Waals surface area contributed by atoms with E-state index in [1.807, 2.05) is 20.8 Å². The minimum Gasteiger partial charge on any atom is -0.481 e. The summed E-state index contributed by atoms with van der Waals surface area (Å²) in [6, 6.07) is 0. The topological polar surface area (TPSA) is 112 Å². The minimum atomic E-state index is -0.901. The van der Waals surface area contributed by atoms with Crippen molar-refractivity contribution < 1.29 is 34.2 Å². The number of hydrogen-bond acceptors (Lipinski definition) is 3. The summed E-state index contributed by atoms with van der Waals surface area (Å²) in [5, 5.41) is 29.1. The van der Waals surface area contributed by atoms with Crippen molar-refractivity contribution in [2.45, 2.75) is 91.9 Å². The normalized spacial score (nSPS) is 16.2. The van der Waals surface area contributed by atoms with Crippen LogP contribution in [0.25, 0.3) is 0 Å². The van der Waals surface area contributed by atoms with Crippen LogP contribution in [0.1, 0.15) is 91.9 Å². The Hall–Kier alpha value is -1.89. The van der Waals surface area contributed by atoms with Gasteiger partial charge in [-0.2, -0.15) is 0 Å². The van der Waals surface area contributed by atoms with E-state index >= 15 is 0 Å². The quantitative estimate of drug-likeness (QED) is 0.117. The molecule has 0 aromatic heterocycles. The van der Waals surface area contributed by atoms with Gasteiger partial charge in [-0.05, 0) is 51.4 Å². The molecule has 0 saturated carbocycles. The zero-order chi connectivity index (χ0) is 25.3. The van der Waals surface area contributed by atoms with Gasteiger partial charge in [0.05, 0.1) is 26.2 Å². The van der Waals surface area contributed by atoms with E-state index in [9.17, 15) is 29.7 Å². The number of quaternary nitrogens is 1. The summed E-state index contributed by atoms with van der Waals surface area (Å²) >= 11 is 0. The van der Waals surface area contributed by atoms with E-state index in [2.05, 4.69) is 19.1 Å². The zero-order valence-electron chi connectivity index (χ0n) is 21.3. The smallest absolute Gasteiger partial charge is 0.312 e. The van der Waals surface area contributed by atoms with Gasteiger partial charge in [-0.1, -0.05) is 52.7 Å². The molecule has 0 aliphatic carbocycles. The highest BCUT2D eigenvalue weighted by molar-refractivity contribution is 5.71. The summed E-state index contributed by atoms with van der Waals surface area (Å²) in [6.45, 7) is 9.05. The van der Waals surface area contributed by atoms with Crippen LogP contribution in [0.15, 0.2) is 12.2 Å². The second-order valence-corrected chi connectivity index (χ2v) is 9.41. The molecular formula is C26H48NO6+. The van der Waals surface area contributed by atoms with Crippen molar-refractivity contribution in [3.8, 4) is 0 Å². The molecule has 3 N–H and O–H groups in total. The van der Waals surface area contributed by atoms with Crippen LogP contribution in [0.4, 0.5) is 0 Å². The fourth-order valence-corrected chi connectivity index (χ4v) is 4.50. The monoisotopic (exact) mass is 470 g/mol. The molecule has 33 heavy (non-hydrogen) atoms. The van der Waals surface area contributed by atoms with Gasteiger partial charge in [0.15, 0.2) is 0 Å². The Morgan fingerprint density at radius 2 is 1.00 bits per heavy atom. The molecule has 192 valence electrons. The van der Waals surface area contributed by atoms with Gasteiger partial charge in [0.25, 0.3) is 0 Å². The molecule has 3 unspecified atom stereocenters. The van der Waals surface area contributed by atoms with Crippen LogP contribution in [0.3, 0.4) is 0 Å². The molecule has 0 radical (unpaired) electrons. The number of aliphatic carboxylic acids is 3. The average Bonchev–Trinajstić information content (AvgIpc) is 2.77. The molecule has 0 aliphatic heterocycles. The number of hydrogen-bond donors (Lipinski definition) is 3. The fraction of sp³-hybridized carbons (Fsp3) is 0.808. The van der Waals surface area contributed by atoms with E-state index < -0.39 is 35.7 Å². The molecule has 7 heteroatoms. The van der Waals surface area contributed by atoms with Gasteiger partial charge < -0.3 is 19.8 Å². The summed E-state index contributed by atoms with van der Waals surface area (Å²) in [7, 11) is 0. The molecule has 0 aromatic rings. The molecular weight excluding hydrogens is 422 g/mol. The third-order valence-corrected chi connectivity index (χ3v) is 6.74. The maximum absolute atomic E-state index is 11.9. The van der Waals surface area contributed by atoms with Gasteiger partial charge in [0, 0.05) is 0 Å². The zero-order valence-corrected chi connectivity index (χ0v) is 21.3. The summed E-state index contributed by atoms with van der Waals surface area (Å²) in [4.78, 5) is 35.6. The van der Waals surface area contributed by atoms with Gasteiger partial charge >= 0.3 is 17.9 Å². The van der Waals surface area contributed by atoms with Crippen LogP contribution in [0.2, 0.25) is 0 Å². The standard InChI is InChI=1S/C26H47NO6/c1-5-9-10-11-12-13-14-15-16-17-27(18-21(6-2)24(28)29,19-22(7-3)25(30)31)20-23(8-4)26(32)33/h12-13,21-23H,5-11,14-20H2,1-4H3,(H2-,28,29,30,31,32,33)/p+1/b13-12+. The van der Waals surface area contributed by atoms with Crippen molar-refractivity contribution in [2.24, 2.45) is 17.8 Å². The van der Waals surface area contributed by atoms with Gasteiger partial charge in [0.1, 0.15) is 17.8 Å². The van der Waals surface area contributed by atoms with Crippen LogP contribution < -0.4 is 0 Å². The number of nitrogens with zero attached hydrogens (tertiary/aromatic N) is 1. The van der Waals surface area contributed by atoms with Crippen molar-refractivity contribution in [1.82, 2.24) is 0 Å². The lowest BCUT2D eigenvalue weighted by atomic mass is 9.95. The Bertz CT molecular complexity index is 544. The highest BCUT2D eigenvalue weighted by atomic mass is 16.4. The molecule has 0 aromatic carbocycles. The maximum Gasteiger partial charge on any atom is 0.312 e. The first-order chi connectivity index (χ1) is 15.7. The van der Waals surface area contributed by atoms with E-state index in [1.165, 1.54) is 19.3 Å². The molecule has 0 fully saturated rings. The van der Waals surface area contributed by atoms with Crippen LogP contribution in [0, 0.1) is 17.8 Å². The third-order valence-electron chi connectivity index (χ3n) is 6.74. The Morgan fingerprint density at radius 3 is 1.30 bits per heavy atom. The first-order valence-electron chi connectivity index (χ1n) is 12.8. The van der Waals surface area contributed by atoms with E-state index in [0.29, 0.717) is 25.8 Å². The summed E-state index contributed by atoms with van der Waals surface area (Å²) in [5.41, 5.74) is 0. The van der Waals surface area contributed by atoms with E-state index in [1.54, 1.807) is 0 Å². The fourth-order valence-electron chi connectivity index (χ4n) is 4.50. The van der Waals surface area contributed by atoms with Gasteiger partial charge in [-0.15, -0.1) is 0 Å². The Balaban J connectivity index is 5.62. The molecule has 7 nitrogen and oxygen atoms in total. The number of rotatable bonds is 21. The van der Waals surface area contributed by atoms with Gasteiger partial charge in [-0.3, -0.25) is 14.4 Å². The molecule has 3 atom stereocenters. The molecule has 0 heterocycles. The molecule has 0 spiro atoms. The molecule has 0 saturated heterocycles. The minimum absolute atomic E-state index is 0.237. The van der Waals surface area contributed by atoms with Crippen LogP contribution in [-0.2, 0) is 14.4 Å². The average molecular weight is 471 g/mol. The third kappa shape index (κ3) is 12.8. The highest BCUT2D eigenvalue weighted by Crippen LogP contribution is 2.25. The Morgan fingerprint density at radius 1 is 0.636 bits per heavy atom. The largest absolute Gasteiger partial charge is 0.481 e. The number of allylic oxidation sites excluding steroid dienone is 2. The maximum atomic E-state index is 11.9. The van der Waals surface area contributed by atoms with Crippen molar-refractivity contribution in [2.75, 3.05) is 26.2 Å². The number of carboxylic acid groups (broad SMARTS) is 3. The molecule has 0 aliphatic rings. The van der Waals surface area contributed by atoms with Crippen molar-refractivity contribution in [3.63, 3.8) is 0 Å². The van der Waals surface area contributed by atoms with Gasteiger partial charge in [0.2, 0.25) is 0 Å². The number of carbonyl (C=O) groups is 3. The lowest BCUT2D eigenvalue weighted by Gasteiger charge is -2.43. The van der Waals surface area contributed by atoms with Crippen molar-refractivity contribution in [3.05, 3.63) is 12.2 Å². The molecule has 0 bridgehead atoms. The molecule has 0 amide bonds. The highest BCUT2D eigenvalue weighted by Gasteiger charge is 2.40. The Kier molecular flexibility index (Phi) is 16.6. The first kappa shape index (κ1) is 31.1. The van der Waals surface area contributed by atoms with Crippen molar-refractivity contribution in [1.29, 1.82) is 0 Å². The Labute approximate surface area is 200 Å². The van der Waals surface area contributed by atoms with E-state index in [4.69, 9.17) is 0 Å². The van der Waals surface area contributed by atoms with Crippen molar-refractivity contribution >= 4 is 17.9 Å². The lowest BCUT2D eigenvalue weighted by Crippen LogP contribution is -2.58. The van der Waals surface area contributed by atoms with Gasteiger partial charge in [-0.25, -0.2) is 0 Å². The first-order valence-corrected chi connectivity index (χ1v) is 12.8. The van der Waals surface area contributed by atoms with Crippen LogP contribution in [-0.4, -0.2) is 63.9 Å². The SMILES string of the molecule is CCCCC/C=C/CCCC[N+](CC(CC)C(=O)O)(CC(CC)C(=O)O)CC(CC)C(=O)O. The number of carboxylic acids is 3. The predicted molar refractivity (Wildman–Crippen MR) is 131 cm³/mol. The molecule has 0 rings (SSSR count). The second-order valence-electron chi connectivity index (χ2n) is 9.41. The second kappa shape index (κ2) is 17.6. The lowest BCUT2D eigenvalue weighted by molar-refractivity contribution is -0.935. The summed E-state index contributed by atoms with van der Waals surface area (Å²) in [5.74, 6) is -4.58. The van der Waals surface area contributed by atoms with E-state index in [0.717, 1.165) is 25.7 Å². The number of unbranched alkanes of at least 4 members (excludes halogenated alkanes) is 5. The summed E-state index contributed by atoms with van der Waals surface area (Å²) in [6.07, 6.45) is 13.1.